The fourth-order valence-corrected chi connectivity index (χ4v) is 6.06. The number of nitrogens with zero attached hydrogens (tertiary/aromatic N) is 4. The molecular formula is C32H36N4O4S. The predicted molar refractivity (Wildman–Crippen MR) is 160 cm³/mol. The van der Waals surface area contributed by atoms with Crippen LogP contribution in [0.15, 0.2) is 53.2 Å². The number of aromatic nitrogens is 4. The molecule has 0 radical (unpaired) electrons. The molecule has 214 valence electrons. The second kappa shape index (κ2) is 11.0. The number of benzene rings is 1. The van der Waals surface area contributed by atoms with Gasteiger partial charge in [-0.3, -0.25) is 9.20 Å². The molecule has 8 nitrogen and oxygen atoms in total. The maximum atomic E-state index is 12.7. The number of pyridine rings is 1. The Hall–Kier alpha value is -3.56. The monoisotopic (exact) mass is 572 g/mol. The summed E-state index contributed by atoms with van der Waals surface area (Å²) in [5, 5.41) is 4.07. The highest BCUT2D eigenvalue weighted by atomic mass is 32.1. The number of rotatable bonds is 12. The molecular weight excluding hydrogens is 536 g/mol. The van der Waals surface area contributed by atoms with Gasteiger partial charge >= 0.3 is 0 Å². The fraction of sp³-hybridized carbons (Fsp3) is 0.438. The number of hydrogen-bond acceptors (Lipinski definition) is 8. The van der Waals surface area contributed by atoms with Crippen LogP contribution in [0.2, 0.25) is 0 Å². The van der Waals surface area contributed by atoms with Gasteiger partial charge in [0.2, 0.25) is 5.88 Å². The third-order valence-electron chi connectivity index (χ3n) is 7.80. The zero-order chi connectivity index (χ0) is 28.6. The SMILES string of the molecule is COCCCC1(COc2ccc3c(n2)sc2nc(-c4ccc(CC(=O)Cc5cc(C(C)(C)C)on5)cc4)cn23)CC1. The Bertz CT molecular complexity index is 1670. The van der Waals surface area contributed by atoms with E-state index in [1.807, 2.05) is 42.6 Å². The fourth-order valence-electron chi connectivity index (χ4n) is 5.08. The van der Waals surface area contributed by atoms with Crippen molar-refractivity contribution in [3.8, 4) is 17.1 Å². The summed E-state index contributed by atoms with van der Waals surface area (Å²) in [6, 6.07) is 13.9. The van der Waals surface area contributed by atoms with Crippen LogP contribution in [-0.2, 0) is 27.8 Å². The summed E-state index contributed by atoms with van der Waals surface area (Å²) in [4.78, 5) is 24.1. The molecule has 1 aliphatic rings. The molecule has 0 spiro atoms. The van der Waals surface area contributed by atoms with Gasteiger partial charge in [0, 0.05) is 54.9 Å². The molecule has 6 rings (SSSR count). The second-order valence-corrected chi connectivity index (χ2v) is 13.2. The number of imidazole rings is 1. The van der Waals surface area contributed by atoms with Crippen molar-refractivity contribution in [1.82, 2.24) is 19.5 Å². The van der Waals surface area contributed by atoms with E-state index in [1.54, 1.807) is 18.4 Å². The highest BCUT2D eigenvalue weighted by Crippen LogP contribution is 2.49. The lowest BCUT2D eigenvalue weighted by Crippen LogP contribution is -2.14. The zero-order valence-corrected chi connectivity index (χ0v) is 24.9. The van der Waals surface area contributed by atoms with Crippen LogP contribution in [0.5, 0.6) is 5.88 Å². The van der Waals surface area contributed by atoms with Crippen LogP contribution in [-0.4, -0.2) is 45.6 Å². The third kappa shape index (κ3) is 6.21. The average Bonchev–Trinajstić information content (AvgIpc) is 3.23. The Morgan fingerprint density at radius 2 is 1.90 bits per heavy atom. The van der Waals surface area contributed by atoms with Gasteiger partial charge in [-0.05, 0) is 37.3 Å². The van der Waals surface area contributed by atoms with E-state index in [0.717, 1.165) is 57.3 Å². The zero-order valence-electron chi connectivity index (χ0n) is 24.1. The van der Waals surface area contributed by atoms with Crippen molar-refractivity contribution < 1.29 is 18.8 Å². The number of Topliss-reactive ketones (excluding diaryl/α,β-unsaturated/α-hetero) is 1. The maximum absolute atomic E-state index is 12.7. The minimum atomic E-state index is -0.130. The van der Waals surface area contributed by atoms with Gasteiger partial charge in [0.05, 0.1) is 29.9 Å². The van der Waals surface area contributed by atoms with Crippen LogP contribution in [0.4, 0.5) is 0 Å². The van der Waals surface area contributed by atoms with E-state index in [4.69, 9.17) is 24.0 Å². The van der Waals surface area contributed by atoms with Gasteiger partial charge in [-0.1, -0.05) is 61.5 Å². The number of methoxy groups -OCH3 is 1. The lowest BCUT2D eigenvalue weighted by Gasteiger charge is -2.15. The first-order valence-corrected chi connectivity index (χ1v) is 15.0. The molecule has 0 aliphatic heterocycles. The average molecular weight is 573 g/mol. The Kier molecular flexibility index (Phi) is 7.42. The summed E-state index contributed by atoms with van der Waals surface area (Å²) in [6.45, 7) is 7.70. The number of carbonyl (C=O) groups excluding carboxylic acids is 1. The highest BCUT2D eigenvalue weighted by Gasteiger charge is 2.42. The minimum Gasteiger partial charge on any atom is -0.477 e. The number of ether oxygens (including phenoxy) is 2. The van der Waals surface area contributed by atoms with Gasteiger partial charge < -0.3 is 14.0 Å². The second-order valence-electron chi connectivity index (χ2n) is 12.3. The van der Waals surface area contributed by atoms with Gasteiger partial charge in [0.1, 0.15) is 16.4 Å². The normalized spacial score (nSPS) is 14.6. The topological polar surface area (TPSA) is 91.8 Å². The van der Waals surface area contributed by atoms with E-state index in [1.165, 1.54) is 12.8 Å². The van der Waals surface area contributed by atoms with Crippen LogP contribution in [0.1, 0.15) is 63.5 Å². The molecule has 4 heterocycles. The number of ketones is 1. The number of hydrogen-bond donors (Lipinski definition) is 0. The Morgan fingerprint density at radius 1 is 1.10 bits per heavy atom. The number of thiazole rings is 1. The first-order valence-electron chi connectivity index (χ1n) is 14.2. The quantitative estimate of drug-likeness (QED) is 0.151. The Balaban J connectivity index is 1.09. The molecule has 41 heavy (non-hydrogen) atoms. The van der Waals surface area contributed by atoms with Crippen LogP contribution >= 0.6 is 11.3 Å². The van der Waals surface area contributed by atoms with Crippen molar-refractivity contribution in [2.24, 2.45) is 5.41 Å². The van der Waals surface area contributed by atoms with E-state index in [0.29, 0.717) is 30.0 Å². The molecule has 5 aromatic rings. The first-order chi connectivity index (χ1) is 19.7. The molecule has 0 saturated heterocycles. The number of fused-ring (bicyclic) bond motifs is 3. The van der Waals surface area contributed by atoms with E-state index in [2.05, 4.69) is 36.4 Å². The molecule has 1 saturated carbocycles. The summed E-state index contributed by atoms with van der Waals surface area (Å²) in [5.41, 5.74) is 4.72. The third-order valence-corrected chi connectivity index (χ3v) is 8.77. The summed E-state index contributed by atoms with van der Waals surface area (Å²) in [6.07, 6.45) is 7.30. The number of carbonyl (C=O) groups is 1. The van der Waals surface area contributed by atoms with Crippen molar-refractivity contribution in [3.63, 3.8) is 0 Å². The Labute approximate surface area is 243 Å². The van der Waals surface area contributed by atoms with E-state index in [-0.39, 0.29) is 17.6 Å². The van der Waals surface area contributed by atoms with E-state index in [9.17, 15) is 4.79 Å². The summed E-state index contributed by atoms with van der Waals surface area (Å²) in [7, 11) is 1.75. The van der Waals surface area contributed by atoms with Crippen molar-refractivity contribution in [2.75, 3.05) is 20.3 Å². The predicted octanol–water partition coefficient (Wildman–Crippen LogP) is 6.84. The molecule has 0 N–H and O–H groups in total. The van der Waals surface area contributed by atoms with E-state index < -0.39 is 0 Å². The van der Waals surface area contributed by atoms with Crippen molar-refractivity contribution in [1.29, 1.82) is 0 Å². The standard InChI is InChI=1S/C32H36N4O4S/c1-31(2,3)27-18-23(35-40-27)17-24(37)16-21-6-8-22(9-7-21)25-19-36-26-10-11-28(34-29(26)41-30(36)33-25)39-20-32(13-14-32)12-5-15-38-4/h6-11,18-19H,5,12-17,20H2,1-4H3. The van der Waals surface area contributed by atoms with Crippen molar-refractivity contribution >= 4 is 32.4 Å². The molecule has 1 fully saturated rings. The summed E-state index contributed by atoms with van der Waals surface area (Å²) < 4.78 is 18.8. The maximum Gasteiger partial charge on any atom is 0.214 e. The van der Waals surface area contributed by atoms with Crippen LogP contribution in [0.3, 0.4) is 0 Å². The van der Waals surface area contributed by atoms with Crippen molar-refractivity contribution in [3.05, 3.63) is 65.7 Å². The first kappa shape index (κ1) is 27.6. The lowest BCUT2D eigenvalue weighted by atomic mass is 9.93. The minimum absolute atomic E-state index is 0.106. The summed E-state index contributed by atoms with van der Waals surface area (Å²) >= 11 is 1.56. The summed E-state index contributed by atoms with van der Waals surface area (Å²) in [5.74, 6) is 1.57. The molecule has 0 bridgehead atoms. The van der Waals surface area contributed by atoms with Crippen LogP contribution in [0.25, 0.3) is 26.6 Å². The Morgan fingerprint density at radius 3 is 2.61 bits per heavy atom. The molecule has 0 unspecified atom stereocenters. The smallest absolute Gasteiger partial charge is 0.214 e. The largest absolute Gasteiger partial charge is 0.477 e. The molecule has 4 aromatic heterocycles. The molecule has 1 aromatic carbocycles. The van der Waals surface area contributed by atoms with Crippen LogP contribution in [0, 0.1) is 5.41 Å². The lowest BCUT2D eigenvalue weighted by molar-refractivity contribution is -0.117. The van der Waals surface area contributed by atoms with Gasteiger partial charge in [-0.15, -0.1) is 0 Å². The molecule has 9 heteroatoms. The van der Waals surface area contributed by atoms with Gasteiger partial charge in [-0.2, -0.15) is 0 Å². The van der Waals surface area contributed by atoms with Crippen molar-refractivity contribution in [2.45, 2.75) is 64.7 Å². The van der Waals surface area contributed by atoms with Gasteiger partial charge in [0.15, 0.2) is 4.96 Å². The highest BCUT2D eigenvalue weighted by molar-refractivity contribution is 7.23. The molecule has 0 amide bonds. The van der Waals surface area contributed by atoms with Gasteiger partial charge in [0.25, 0.3) is 0 Å². The molecule has 1 aliphatic carbocycles. The van der Waals surface area contributed by atoms with E-state index >= 15 is 0 Å². The van der Waals surface area contributed by atoms with Crippen LogP contribution < -0.4 is 4.74 Å². The molecule has 0 atom stereocenters. The van der Waals surface area contributed by atoms with Gasteiger partial charge in [-0.25, -0.2) is 9.97 Å².